The topological polar surface area (TPSA) is 62.5 Å². The fourth-order valence-corrected chi connectivity index (χ4v) is 4.73. The molecule has 1 aromatic carbocycles. The first-order valence-corrected chi connectivity index (χ1v) is 10.8. The van der Waals surface area contributed by atoms with Gasteiger partial charge in [0, 0.05) is 43.2 Å². The molecule has 1 aliphatic carbocycles. The van der Waals surface area contributed by atoms with Crippen LogP contribution in [0.3, 0.4) is 0 Å². The Morgan fingerprint density at radius 3 is 2.97 bits per heavy atom. The number of hydrogen-bond donors (Lipinski definition) is 1. The molecular weight excluding hydrogens is 381 g/mol. The lowest BCUT2D eigenvalue weighted by molar-refractivity contribution is -0.125. The summed E-state index contributed by atoms with van der Waals surface area (Å²) < 4.78 is 15.8. The number of aryl methyl sites for hydroxylation is 2. The molecule has 6 nitrogen and oxygen atoms in total. The van der Waals surface area contributed by atoms with Crippen molar-refractivity contribution in [2.45, 2.75) is 45.1 Å². The number of anilines is 1. The highest BCUT2D eigenvalue weighted by Crippen LogP contribution is 2.32. The summed E-state index contributed by atoms with van der Waals surface area (Å²) in [5.74, 6) is 0.487. The normalized spacial score (nSPS) is 19.0. The SMILES string of the molecule is O=C(NCc1ccccc1F)[C@H]1CCCN(c2nccn3nc4c(c23)CCCC4)C1. The third kappa shape index (κ3) is 3.53. The Bertz CT molecular complexity index is 1080. The number of halogens is 1. The summed E-state index contributed by atoms with van der Waals surface area (Å²) in [6, 6.07) is 6.56. The zero-order valence-electron chi connectivity index (χ0n) is 17.0. The second kappa shape index (κ2) is 8.05. The molecule has 2 aliphatic rings. The van der Waals surface area contributed by atoms with Crippen LogP contribution >= 0.6 is 0 Å². The number of nitrogens with zero attached hydrogens (tertiary/aromatic N) is 4. The molecule has 3 aromatic rings. The van der Waals surface area contributed by atoms with Gasteiger partial charge in [-0.2, -0.15) is 5.10 Å². The number of piperidine rings is 1. The smallest absolute Gasteiger partial charge is 0.225 e. The summed E-state index contributed by atoms with van der Waals surface area (Å²) in [5.41, 5.74) is 4.11. The first kappa shape index (κ1) is 19.0. The van der Waals surface area contributed by atoms with Gasteiger partial charge >= 0.3 is 0 Å². The highest BCUT2D eigenvalue weighted by Gasteiger charge is 2.29. The molecule has 0 unspecified atom stereocenters. The van der Waals surface area contributed by atoms with Crippen molar-refractivity contribution in [3.63, 3.8) is 0 Å². The molecule has 7 heteroatoms. The number of carbonyl (C=O) groups excluding carboxylic acids is 1. The van der Waals surface area contributed by atoms with Crippen molar-refractivity contribution in [3.8, 4) is 0 Å². The fraction of sp³-hybridized carbons (Fsp3) is 0.435. The fourth-order valence-electron chi connectivity index (χ4n) is 4.73. The van der Waals surface area contributed by atoms with E-state index in [2.05, 4.69) is 10.2 Å². The third-order valence-corrected chi connectivity index (χ3v) is 6.30. The van der Waals surface area contributed by atoms with Crippen molar-refractivity contribution in [2.24, 2.45) is 5.92 Å². The van der Waals surface area contributed by atoms with Crippen LogP contribution in [0.15, 0.2) is 36.7 Å². The van der Waals surface area contributed by atoms with E-state index in [0.717, 1.165) is 43.6 Å². The molecule has 156 valence electrons. The van der Waals surface area contributed by atoms with Gasteiger partial charge < -0.3 is 10.2 Å². The van der Waals surface area contributed by atoms with Crippen LogP contribution in [0.5, 0.6) is 0 Å². The second-order valence-corrected chi connectivity index (χ2v) is 8.27. The minimum Gasteiger partial charge on any atom is -0.354 e. The summed E-state index contributed by atoms with van der Waals surface area (Å²) in [4.78, 5) is 19.7. The van der Waals surface area contributed by atoms with Crippen molar-refractivity contribution >= 4 is 17.2 Å². The van der Waals surface area contributed by atoms with Crippen LogP contribution < -0.4 is 10.2 Å². The summed E-state index contributed by atoms with van der Waals surface area (Å²) >= 11 is 0. The average molecular weight is 407 g/mol. The van der Waals surface area contributed by atoms with E-state index in [1.165, 1.54) is 30.2 Å². The van der Waals surface area contributed by atoms with E-state index in [-0.39, 0.29) is 24.2 Å². The first-order valence-electron chi connectivity index (χ1n) is 10.8. The number of carbonyl (C=O) groups is 1. The van der Waals surface area contributed by atoms with Crippen LogP contribution in [-0.2, 0) is 24.2 Å². The van der Waals surface area contributed by atoms with E-state index < -0.39 is 0 Å². The molecule has 1 saturated heterocycles. The number of fused-ring (bicyclic) bond motifs is 3. The second-order valence-electron chi connectivity index (χ2n) is 8.27. The van der Waals surface area contributed by atoms with Gasteiger partial charge in [-0.05, 0) is 44.6 Å². The average Bonchev–Trinajstić information content (AvgIpc) is 3.17. The third-order valence-electron chi connectivity index (χ3n) is 6.30. The lowest BCUT2D eigenvalue weighted by Gasteiger charge is -2.33. The Balaban J connectivity index is 1.34. The number of benzene rings is 1. The molecule has 0 spiro atoms. The lowest BCUT2D eigenvalue weighted by Crippen LogP contribution is -2.43. The highest BCUT2D eigenvalue weighted by atomic mass is 19.1. The van der Waals surface area contributed by atoms with E-state index in [1.807, 2.05) is 10.7 Å². The number of nitrogens with one attached hydrogen (secondary N) is 1. The molecule has 30 heavy (non-hydrogen) atoms. The Morgan fingerprint density at radius 2 is 2.07 bits per heavy atom. The number of hydrogen-bond acceptors (Lipinski definition) is 4. The Kier molecular flexibility index (Phi) is 5.11. The Labute approximate surface area is 175 Å². The quantitative estimate of drug-likeness (QED) is 0.721. The van der Waals surface area contributed by atoms with E-state index in [0.29, 0.717) is 12.1 Å². The maximum Gasteiger partial charge on any atom is 0.225 e. The number of amides is 1. The summed E-state index contributed by atoms with van der Waals surface area (Å²) in [6.45, 7) is 1.71. The van der Waals surface area contributed by atoms with E-state index in [9.17, 15) is 9.18 Å². The molecule has 1 N–H and O–H groups in total. The number of aromatic nitrogens is 3. The standard InChI is InChI=1S/C23H26FN5O/c24-19-9-3-1-6-16(19)14-26-23(30)17-7-5-12-28(15-17)22-21-18-8-2-4-10-20(18)27-29(21)13-11-25-22/h1,3,6,9,11,13,17H,2,4-5,7-8,10,12,14-15H2,(H,26,30)/t17-/m0/s1. The maximum atomic E-state index is 13.8. The van der Waals surface area contributed by atoms with Gasteiger partial charge in [-0.15, -0.1) is 0 Å². The molecule has 1 amide bonds. The van der Waals surface area contributed by atoms with Crippen molar-refractivity contribution < 1.29 is 9.18 Å². The van der Waals surface area contributed by atoms with Crippen LogP contribution in [0.2, 0.25) is 0 Å². The Morgan fingerprint density at radius 1 is 1.20 bits per heavy atom. The van der Waals surface area contributed by atoms with Crippen LogP contribution in [0.25, 0.3) is 5.52 Å². The molecule has 5 rings (SSSR count). The van der Waals surface area contributed by atoms with Gasteiger partial charge in [-0.3, -0.25) is 4.79 Å². The van der Waals surface area contributed by atoms with Crippen molar-refractivity contribution in [1.82, 2.24) is 19.9 Å². The molecule has 1 atom stereocenters. The van der Waals surface area contributed by atoms with Crippen LogP contribution in [-0.4, -0.2) is 33.6 Å². The molecule has 0 saturated carbocycles. The molecule has 1 aliphatic heterocycles. The van der Waals surface area contributed by atoms with Gasteiger partial charge in [-0.1, -0.05) is 18.2 Å². The summed E-state index contributed by atoms with van der Waals surface area (Å²) in [5, 5.41) is 7.69. The van der Waals surface area contributed by atoms with Gasteiger partial charge in [0.25, 0.3) is 0 Å². The van der Waals surface area contributed by atoms with Gasteiger partial charge in [0.15, 0.2) is 5.82 Å². The van der Waals surface area contributed by atoms with Crippen LogP contribution in [0, 0.1) is 11.7 Å². The molecule has 1 fully saturated rings. The predicted molar refractivity (Wildman–Crippen MR) is 113 cm³/mol. The molecule has 0 bridgehead atoms. The maximum absolute atomic E-state index is 13.8. The largest absolute Gasteiger partial charge is 0.354 e. The lowest BCUT2D eigenvalue weighted by atomic mass is 9.95. The van der Waals surface area contributed by atoms with Crippen molar-refractivity contribution in [1.29, 1.82) is 0 Å². The summed E-state index contributed by atoms with van der Waals surface area (Å²) in [7, 11) is 0. The molecular formula is C23H26FN5O. The number of rotatable bonds is 4. The monoisotopic (exact) mass is 407 g/mol. The van der Waals surface area contributed by atoms with E-state index in [1.54, 1.807) is 24.4 Å². The van der Waals surface area contributed by atoms with Gasteiger partial charge in [0.05, 0.1) is 11.6 Å². The predicted octanol–water partition coefficient (Wildman–Crippen LogP) is 3.28. The first-order chi connectivity index (χ1) is 14.7. The van der Waals surface area contributed by atoms with Crippen molar-refractivity contribution in [2.75, 3.05) is 18.0 Å². The minimum atomic E-state index is -0.288. The van der Waals surface area contributed by atoms with Gasteiger partial charge in [0.1, 0.15) is 11.3 Å². The van der Waals surface area contributed by atoms with Crippen molar-refractivity contribution in [3.05, 3.63) is 59.3 Å². The van der Waals surface area contributed by atoms with Gasteiger partial charge in [-0.25, -0.2) is 13.9 Å². The molecule has 0 radical (unpaired) electrons. The highest BCUT2D eigenvalue weighted by molar-refractivity contribution is 5.80. The minimum absolute atomic E-state index is 0.0227. The summed E-state index contributed by atoms with van der Waals surface area (Å²) in [6.07, 6.45) is 9.91. The Hall–Kier alpha value is -2.96. The van der Waals surface area contributed by atoms with E-state index in [4.69, 9.17) is 10.1 Å². The van der Waals surface area contributed by atoms with Gasteiger partial charge in [0.2, 0.25) is 5.91 Å². The molecule has 2 aromatic heterocycles. The zero-order chi connectivity index (χ0) is 20.5. The van der Waals surface area contributed by atoms with E-state index >= 15 is 0 Å². The van der Waals surface area contributed by atoms with Crippen LogP contribution in [0.4, 0.5) is 10.2 Å². The van der Waals surface area contributed by atoms with Crippen LogP contribution in [0.1, 0.15) is 42.5 Å². The zero-order valence-corrected chi connectivity index (χ0v) is 17.0. The molecule has 3 heterocycles.